The average molecular weight is 314 g/mol. The third-order valence-corrected chi connectivity index (χ3v) is 4.77. The van der Waals surface area contributed by atoms with Crippen molar-refractivity contribution < 1.29 is 14.7 Å². The lowest BCUT2D eigenvalue weighted by Gasteiger charge is -2.29. The standard InChI is InChI=1S/C18H22N2O3/c1-13-10-14-6-2-3-7-15(14)20(13)12-16(21)19-18(11-17(22)23)8-4-5-9-18/h2-3,6-7,10H,4-5,8-9,11-12H2,1H3,(H,19,21)(H,22,23). The van der Waals surface area contributed by atoms with Gasteiger partial charge in [0.05, 0.1) is 12.0 Å². The molecule has 0 spiro atoms. The van der Waals surface area contributed by atoms with Crippen LogP contribution in [0.25, 0.3) is 10.9 Å². The normalized spacial score (nSPS) is 16.6. The van der Waals surface area contributed by atoms with E-state index < -0.39 is 11.5 Å². The summed E-state index contributed by atoms with van der Waals surface area (Å²) >= 11 is 0. The molecule has 1 aliphatic carbocycles. The van der Waals surface area contributed by atoms with Crippen LogP contribution in [0.4, 0.5) is 0 Å². The zero-order valence-corrected chi connectivity index (χ0v) is 13.3. The molecule has 1 fully saturated rings. The molecule has 1 aliphatic rings. The zero-order valence-electron chi connectivity index (χ0n) is 13.3. The third kappa shape index (κ3) is 3.23. The van der Waals surface area contributed by atoms with E-state index in [1.54, 1.807) is 0 Å². The number of aromatic nitrogens is 1. The molecule has 1 aromatic heterocycles. The van der Waals surface area contributed by atoms with Crippen LogP contribution in [0.5, 0.6) is 0 Å². The van der Waals surface area contributed by atoms with Crippen molar-refractivity contribution in [2.24, 2.45) is 0 Å². The van der Waals surface area contributed by atoms with Crippen molar-refractivity contribution >= 4 is 22.8 Å². The predicted molar refractivity (Wildman–Crippen MR) is 88.3 cm³/mol. The molecule has 2 N–H and O–H groups in total. The molecule has 0 radical (unpaired) electrons. The monoisotopic (exact) mass is 314 g/mol. The number of carboxylic acid groups (broad SMARTS) is 1. The molecule has 0 saturated heterocycles. The minimum Gasteiger partial charge on any atom is -0.481 e. The first-order chi connectivity index (χ1) is 11.0. The van der Waals surface area contributed by atoms with Crippen LogP contribution in [0.15, 0.2) is 30.3 Å². The molecule has 1 aromatic carbocycles. The molecule has 0 unspecified atom stereocenters. The van der Waals surface area contributed by atoms with E-state index in [9.17, 15) is 9.59 Å². The third-order valence-electron chi connectivity index (χ3n) is 4.77. The van der Waals surface area contributed by atoms with E-state index in [0.717, 1.165) is 42.3 Å². The van der Waals surface area contributed by atoms with Gasteiger partial charge in [-0.25, -0.2) is 0 Å². The van der Waals surface area contributed by atoms with E-state index in [1.807, 2.05) is 35.8 Å². The second kappa shape index (κ2) is 6.07. The van der Waals surface area contributed by atoms with Crippen LogP contribution in [0.2, 0.25) is 0 Å². The van der Waals surface area contributed by atoms with E-state index in [1.165, 1.54) is 0 Å². The van der Waals surface area contributed by atoms with Crippen LogP contribution < -0.4 is 5.32 Å². The minimum atomic E-state index is -0.852. The molecule has 0 aliphatic heterocycles. The summed E-state index contributed by atoms with van der Waals surface area (Å²) in [5.74, 6) is -0.965. The Bertz CT molecular complexity index is 742. The van der Waals surface area contributed by atoms with Crippen molar-refractivity contribution in [1.29, 1.82) is 0 Å². The summed E-state index contributed by atoms with van der Waals surface area (Å²) in [6.45, 7) is 2.20. The highest BCUT2D eigenvalue weighted by molar-refractivity contribution is 5.85. The summed E-state index contributed by atoms with van der Waals surface area (Å²) in [5, 5.41) is 13.3. The van der Waals surface area contributed by atoms with E-state index in [2.05, 4.69) is 11.4 Å². The predicted octanol–water partition coefficient (Wildman–Crippen LogP) is 2.85. The Kier molecular flexibility index (Phi) is 4.11. The van der Waals surface area contributed by atoms with E-state index in [0.29, 0.717) is 0 Å². The maximum atomic E-state index is 12.5. The van der Waals surface area contributed by atoms with Crippen LogP contribution in [0, 0.1) is 6.92 Å². The zero-order chi connectivity index (χ0) is 16.4. The molecule has 2 aromatic rings. The smallest absolute Gasteiger partial charge is 0.305 e. The molecule has 0 bridgehead atoms. The first kappa shape index (κ1) is 15.6. The van der Waals surface area contributed by atoms with E-state index >= 15 is 0 Å². The van der Waals surface area contributed by atoms with Crippen LogP contribution in [-0.2, 0) is 16.1 Å². The lowest BCUT2D eigenvalue weighted by Crippen LogP contribution is -2.48. The number of nitrogens with one attached hydrogen (secondary N) is 1. The number of aryl methyl sites for hydroxylation is 1. The summed E-state index contributed by atoms with van der Waals surface area (Å²) in [6.07, 6.45) is 3.44. The number of fused-ring (bicyclic) bond motifs is 1. The van der Waals surface area contributed by atoms with Gasteiger partial charge in [0.2, 0.25) is 5.91 Å². The van der Waals surface area contributed by atoms with Gasteiger partial charge in [-0.1, -0.05) is 31.0 Å². The van der Waals surface area contributed by atoms with Crippen molar-refractivity contribution in [3.63, 3.8) is 0 Å². The quantitative estimate of drug-likeness (QED) is 0.891. The number of amides is 1. The van der Waals surface area contributed by atoms with Crippen LogP contribution >= 0.6 is 0 Å². The highest BCUT2D eigenvalue weighted by Crippen LogP contribution is 2.32. The van der Waals surface area contributed by atoms with Crippen molar-refractivity contribution in [3.05, 3.63) is 36.0 Å². The number of rotatable bonds is 5. The van der Waals surface area contributed by atoms with Gasteiger partial charge >= 0.3 is 5.97 Å². The van der Waals surface area contributed by atoms with Gasteiger partial charge in [-0.15, -0.1) is 0 Å². The number of carboxylic acids is 1. The van der Waals surface area contributed by atoms with Crippen LogP contribution in [-0.4, -0.2) is 27.1 Å². The summed E-state index contributed by atoms with van der Waals surface area (Å²) in [4.78, 5) is 23.7. The summed E-state index contributed by atoms with van der Waals surface area (Å²) in [7, 11) is 0. The highest BCUT2D eigenvalue weighted by atomic mass is 16.4. The Morgan fingerprint density at radius 2 is 1.96 bits per heavy atom. The molecule has 23 heavy (non-hydrogen) atoms. The number of carbonyl (C=O) groups is 2. The largest absolute Gasteiger partial charge is 0.481 e. The number of para-hydroxylation sites is 1. The molecule has 1 amide bonds. The van der Waals surface area contributed by atoms with E-state index in [-0.39, 0.29) is 18.9 Å². The second-order valence-corrected chi connectivity index (χ2v) is 6.54. The Morgan fingerprint density at radius 1 is 1.26 bits per heavy atom. The first-order valence-corrected chi connectivity index (χ1v) is 8.07. The Labute approximate surface area is 135 Å². The van der Waals surface area contributed by atoms with Gasteiger partial charge in [-0.05, 0) is 37.3 Å². The highest BCUT2D eigenvalue weighted by Gasteiger charge is 2.37. The average Bonchev–Trinajstić information content (AvgIpc) is 3.04. The Balaban J connectivity index is 1.78. The summed E-state index contributed by atoms with van der Waals surface area (Å²) < 4.78 is 1.98. The van der Waals surface area contributed by atoms with E-state index in [4.69, 9.17) is 5.11 Å². The molecule has 1 saturated carbocycles. The molecule has 0 atom stereocenters. The second-order valence-electron chi connectivity index (χ2n) is 6.54. The van der Waals surface area contributed by atoms with Gasteiger partial charge in [-0.3, -0.25) is 9.59 Å². The Morgan fingerprint density at radius 3 is 2.65 bits per heavy atom. The van der Waals surface area contributed by atoms with Crippen molar-refractivity contribution in [3.8, 4) is 0 Å². The van der Waals surface area contributed by atoms with Crippen molar-refractivity contribution in [2.45, 2.75) is 51.1 Å². The summed E-state index contributed by atoms with van der Waals surface area (Å²) in [6, 6.07) is 10.0. The van der Waals surface area contributed by atoms with Gasteiger partial charge in [0, 0.05) is 11.2 Å². The molecular formula is C18H22N2O3. The first-order valence-electron chi connectivity index (χ1n) is 8.07. The van der Waals surface area contributed by atoms with Gasteiger partial charge in [-0.2, -0.15) is 0 Å². The van der Waals surface area contributed by atoms with Crippen LogP contribution in [0.3, 0.4) is 0 Å². The van der Waals surface area contributed by atoms with Gasteiger partial charge < -0.3 is 15.0 Å². The molecule has 3 rings (SSSR count). The number of benzene rings is 1. The molecule has 1 heterocycles. The summed E-state index contributed by atoms with van der Waals surface area (Å²) in [5.41, 5.74) is 1.48. The van der Waals surface area contributed by atoms with Crippen molar-refractivity contribution in [1.82, 2.24) is 9.88 Å². The topological polar surface area (TPSA) is 71.3 Å². The molecule has 122 valence electrons. The lowest BCUT2D eigenvalue weighted by molar-refractivity contribution is -0.139. The fraction of sp³-hybridized carbons (Fsp3) is 0.444. The maximum absolute atomic E-state index is 12.5. The molecular weight excluding hydrogens is 292 g/mol. The van der Waals surface area contributed by atoms with Crippen LogP contribution in [0.1, 0.15) is 37.8 Å². The number of carbonyl (C=O) groups excluding carboxylic acids is 1. The fourth-order valence-corrected chi connectivity index (χ4v) is 3.72. The SMILES string of the molecule is Cc1cc2ccccc2n1CC(=O)NC1(CC(=O)O)CCCC1. The van der Waals surface area contributed by atoms with Gasteiger partial charge in [0.1, 0.15) is 6.54 Å². The fourth-order valence-electron chi connectivity index (χ4n) is 3.72. The number of nitrogens with zero attached hydrogens (tertiary/aromatic N) is 1. The Hall–Kier alpha value is -2.30. The minimum absolute atomic E-state index is 0.00412. The van der Waals surface area contributed by atoms with Gasteiger partial charge in [0.25, 0.3) is 0 Å². The number of hydrogen-bond acceptors (Lipinski definition) is 2. The van der Waals surface area contributed by atoms with Crippen molar-refractivity contribution in [2.75, 3.05) is 0 Å². The number of aliphatic carboxylic acids is 1. The lowest BCUT2D eigenvalue weighted by atomic mass is 9.93. The molecule has 5 nitrogen and oxygen atoms in total. The maximum Gasteiger partial charge on any atom is 0.305 e. The number of hydrogen-bond donors (Lipinski definition) is 2. The van der Waals surface area contributed by atoms with Gasteiger partial charge in [0.15, 0.2) is 0 Å². The molecule has 5 heteroatoms.